The van der Waals surface area contributed by atoms with Gasteiger partial charge in [-0.05, 0) is 25.0 Å². The van der Waals surface area contributed by atoms with Gasteiger partial charge in [-0.15, -0.1) is 0 Å². The Morgan fingerprint density at radius 2 is 1.71 bits per heavy atom. The molecule has 0 atom stereocenters. The van der Waals surface area contributed by atoms with E-state index in [-0.39, 0.29) is 20.5 Å². The van der Waals surface area contributed by atoms with Crippen molar-refractivity contribution in [3.63, 3.8) is 0 Å². The topological polar surface area (TPSA) is 47.0 Å². The van der Waals surface area contributed by atoms with E-state index in [1.807, 2.05) is 0 Å². The van der Waals surface area contributed by atoms with Gasteiger partial charge < -0.3 is 0 Å². The van der Waals surface area contributed by atoms with Crippen LogP contribution in [0.25, 0.3) is 0 Å². The molecule has 0 aromatic carbocycles. The van der Waals surface area contributed by atoms with Gasteiger partial charge in [0, 0.05) is 0 Å². The summed E-state index contributed by atoms with van der Waals surface area (Å²) in [6.07, 6.45) is 1.44. The van der Waals surface area contributed by atoms with Gasteiger partial charge in [0.15, 0.2) is 9.84 Å². The number of halogens is 2. The van der Waals surface area contributed by atoms with E-state index in [9.17, 15) is 8.42 Å². The van der Waals surface area contributed by atoms with Gasteiger partial charge in [0.05, 0.1) is 10.1 Å². The standard InChI is InChI=1S/C8H7Cl2NO2S/c9-7-3-6(4-8(10)11-7)14(12,13)5-1-2-5/h3-5H,1-2H2. The number of aromatic nitrogens is 1. The van der Waals surface area contributed by atoms with Crippen molar-refractivity contribution in [1.29, 1.82) is 0 Å². The number of sulfone groups is 1. The van der Waals surface area contributed by atoms with E-state index in [4.69, 9.17) is 23.2 Å². The molecular formula is C8H7Cl2NO2S. The van der Waals surface area contributed by atoms with Crippen LogP contribution >= 0.6 is 23.2 Å². The third kappa shape index (κ3) is 1.87. The summed E-state index contributed by atoms with van der Waals surface area (Å²) in [5.74, 6) is 0. The van der Waals surface area contributed by atoms with E-state index >= 15 is 0 Å². The van der Waals surface area contributed by atoms with Crippen molar-refractivity contribution < 1.29 is 8.42 Å². The first-order valence-corrected chi connectivity index (χ1v) is 6.37. The first-order valence-electron chi connectivity index (χ1n) is 4.07. The molecule has 1 heterocycles. The minimum atomic E-state index is -3.22. The summed E-state index contributed by atoms with van der Waals surface area (Å²) in [6.45, 7) is 0. The Morgan fingerprint density at radius 3 is 2.14 bits per heavy atom. The third-order valence-electron chi connectivity index (χ3n) is 2.03. The first kappa shape index (κ1) is 10.2. The van der Waals surface area contributed by atoms with Gasteiger partial charge in [-0.25, -0.2) is 13.4 Å². The van der Waals surface area contributed by atoms with Crippen LogP contribution < -0.4 is 0 Å². The molecule has 2 rings (SSSR count). The van der Waals surface area contributed by atoms with Crippen LogP contribution in [0.3, 0.4) is 0 Å². The number of pyridine rings is 1. The maximum Gasteiger partial charge on any atom is 0.181 e. The second-order valence-corrected chi connectivity index (χ2v) is 6.20. The van der Waals surface area contributed by atoms with Crippen LogP contribution in [0.15, 0.2) is 17.0 Å². The van der Waals surface area contributed by atoms with Crippen LogP contribution in [0.5, 0.6) is 0 Å². The Morgan fingerprint density at radius 1 is 1.21 bits per heavy atom. The van der Waals surface area contributed by atoms with Crippen molar-refractivity contribution in [2.24, 2.45) is 0 Å². The van der Waals surface area contributed by atoms with Gasteiger partial charge in [0.2, 0.25) is 0 Å². The fourth-order valence-electron chi connectivity index (χ4n) is 1.18. The smallest absolute Gasteiger partial charge is 0.181 e. The van der Waals surface area contributed by atoms with Gasteiger partial charge in [0.1, 0.15) is 10.3 Å². The van der Waals surface area contributed by atoms with Gasteiger partial charge in [-0.2, -0.15) is 0 Å². The maximum atomic E-state index is 11.8. The molecule has 3 nitrogen and oxygen atoms in total. The van der Waals surface area contributed by atoms with Crippen molar-refractivity contribution in [2.45, 2.75) is 23.0 Å². The Balaban J connectivity index is 2.50. The van der Waals surface area contributed by atoms with Crippen molar-refractivity contribution >= 4 is 33.0 Å². The van der Waals surface area contributed by atoms with Gasteiger partial charge in [0.25, 0.3) is 0 Å². The lowest BCUT2D eigenvalue weighted by Crippen LogP contribution is -2.07. The van der Waals surface area contributed by atoms with Crippen LogP contribution in [0, 0.1) is 0 Å². The molecule has 14 heavy (non-hydrogen) atoms. The Labute approximate surface area is 92.0 Å². The molecule has 0 amide bonds. The maximum absolute atomic E-state index is 11.8. The van der Waals surface area contributed by atoms with E-state index in [2.05, 4.69) is 4.98 Å². The fraction of sp³-hybridized carbons (Fsp3) is 0.375. The second-order valence-electron chi connectivity index (χ2n) is 3.19. The normalized spacial score (nSPS) is 17.0. The molecule has 0 saturated heterocycles. The summed E-state index contributed by atoms with van der Waals surface area (Å²) in [7, 11) is -3.22. The zero-order chi connectivity index (χ0) is 10.3. The molecule has 76 valence electrons. The van der Waals surface area contributed by atoms with Gasteiger partial charge in [-0.3, -0.25) is 0 Å². The monoisotopic (exact) mass is 251 g/mol. The molecule has 0 unspecified atom stereocenters. The molecule has 1 saturated carbocycles. The number of hydrogen-bond donors (Lipinski definition) is 0. The Hall–Kier alpha value is -0.320. The van der Waals surface area contributed by atoms with Crippen LogP contribution in [-0.2, 0) is 9.84 Å². The largest absolute Gasteiger partial charge is 0.224 e. The number of rotatable bonds is 2. The minimum absolute atomic E-state index is 0.108. The van der Waals surface area contributed by atoms with E-state index in [1.54, 1.807) is 0 Å². The quantitative estimate of drug-likeness (QED) is 0.759. The van der Waals surface area contributed by atoms with E-state index < -0.39 is 9.84 Å². The van der Waals surface area contributed by atoms with Crippen molar-refractivity contribution in [3.05, 3.63) is 22.4 Å². The van der Waals surface area contributed by atoms with Crippen LogP contribution in [0.1, 0.15) is 12.8 Å². The summed E-state index contributed by atoms with van der Waals surface area (Å²) in [4.78, 5) is 3.87. The lowest BCUT2D eigenvalue weighted by Gasteiger charge is -2.02. The second kappa shape index (κ2) is 3.36. The summed E-state index contributed by atoms with van der Waals surface area (Å²) in [5, 5.41) is -0.0366. The molecule has 0 spiro atoms. The van der Waals surface area contributed by atoms with Crippen LogP contribution in [-0.4, -0.2) is 18.7 Å². The Bertz CT molecular complexity index is 448. The number of hydrogen-bond acceptors (Lipinski definition) is 3. The predicted molar refractivity (Wildman–Crippen MR) is 54.5 cm³/mol. The summed E-state index contributed by atoms with van der Waals surface area (Å²) >= 11 is 11.2. The zero-order valence-corrected chi connectivity index (χ0v) is 9.40. The highest BCUT2D eigenvalue weighted by Crippen LogP contribution is 2.34. The molecule has 1 aromatic rings. The predicted octanol–water partition coefficient (Wildman–Crippen LogP) is 2.32. The van der Waals surface area contributed by atoms with E-state index in [0.29, 0.717) is 0 Å². The van der Waals surface area contributed by atoms with Crippen molar-refractivity contribution in [3.8, 4) is 0 Å². The highest BCUT2D eigenvalue weighted by atomic mass is 35.5. The third-order valence-corrected chi connectivity index (χ3v) is 4.66. The Kier molecular flexibility index (Phi) is 2.45. The van der Waals surface area contributed by atoms with Gasteiger partial charge in [-0.1, -0.05) is 23.2 Å². The lowest BCUT2D eigenvalue weighted by molar-refractivity contribution is 0.594. The molecule has 0 aliphatic heterocycles. The molecule has 1 aliphatic carbocycles. The SMILES string of the molecule is O=S(=O)(c1cc(Cl)nc(Cl)c1)C1CC1. The summed E-state index contributed by atoms with van der Waals surface area (Å²) < 4.78 is 23.5. The first-order chi connectivity index (χ1) is 6.50. The highest BCUT2D eigenvalue weighted by molar-refractivity contribution is 7.92. The van der Waals surface area contributed by atoms with Gasteiger partial charge >= 0.3 is 0 Å². The summed E-state index contributed by atoms with van der Waals surface area (Å²) in [6, 6.07) is 2.67. The molecule has 0 N–H and O–H groups in total. The average Bonchev–Trinajstić information content (AvgIpc) is 2.83. The van der Waals surface area contributed by atoms with Crippen molar-refractivity contribution in [1.82, 2.24) is 4.98 Å². The van der Waals surface area contributed by atoms with Crippen LogP contribution in [0.2, 0.25) is 10.3 Å². The molecular weight excluding hydrogens is 245 g/mol. The molecule has 1 aromatic heterocycles. The van der Waals surface area contributed by atoms with E-state index in [0.717, 1.165) is 12.8 Å². The fourth-order valence-corrected chi connectivity index (χ4v) is 3.46. The molecule has 0 bridgehead atoms. The average molecular weight is 252 g/mol. The number of nitrogens with zero attached hydrogens (tertiary/aromatic N) is 1. The molecule has 6 heteroatoms. The minimum Gasteiger partial charge on any atom is -0.224 e. The molecule has 0 radical (unpaired) electrons. The van der Waals surface area contributed by atoms with Crippen molar-refractivity contribution in [2.75, 3.05) is 0 Å². The summed E-state index contributed by atoms with van der Waals surface area (Å²) in [5.41, 5.74) is 0. The van der Waals surface area contributed by atoms with E-state index in [1.165, 1.54) is 12.1 Å². The lowest BCUT2D eigenvalue weighted by atomic mass is 10.5. The molecule has 1 aliphatic rings. The zero-order valence-electron chi connectivity index (χ0n) is 7.07. The highest BCUT2D eigenvalue weighted by Gasteiger charge is 2.37. The van der Waals surface area contributed by atoms with Crippen LogP contribution in [0.4, 0.5) is 0 Å². The molecule has 1 fully saturated rings.